The molecule has 2 aromatic rings. The zero-order valence-corrected chi connectivity index (χ0v) is 9.33. The fraction of sp³-hybridized carbons (Fsp3) is 0. The van der Waals surface area contributed by atoms with Crippen LogP contribution in [0.1, 0.15) is 0 Å². The van der Waals surface area contributed by atoms with Crippen LogP contribution in [0.2, 0.25) is 0 Å². The summed E-state index contributed by atoms with van der Waals surface area (Å²) in [6, 6.07) is 3.19. The Labute approximate surface area is 96.7 Å². The number of benzene rings is 1. The Kier molecular flexibility index (Phi) is 2.72. The molecule has 90 valence electrons. The smallest absolute Gasteiger partial charge is 0.262 e. The molecule has 0 aliphatic carbocycles. The molecular formula is C9H9FN4O2S. The average Bonchev–Trinajstić information content (AvgIpc) is 2.73. The standard InChI is InChI=1S/C9H9FN4O2S/c10-8-2-1-7(3-9(8)11)17(15,16)14-6-4-12-13-5-6/h1-5,14H,11H2,(H,12,13). The van der Waals surface area contributed by atoms with Gasteiger partial charge in [-0.2, -0.15) is 5.10 Å². The Morgan fingerprint density at radius 3 is 2.76 bits per heavy atom. The van der Waals surface area contributed by atoms with E-state index in [2.05, 4.69) is 14.9 Å². The number of anilines is 2. The van der Waals surface area contributed by atoms with Crippen molar-refractivity contribution in [2.75, 3.05) is 10.5 Å². The third-order valence-corrected chi connectivity index (χ3v) is 3.41. The summed E-state index contributed by atoms with van der Waals surface area (Å²) in [6.07, 6.45) is 2.69. The molecule has 4 N–H and O–H groups in total. The molecule has 0 spiro atoms. The van der Waals surface area contributed by atoms with Crippen molar-refractivity contribution in [1.82, 2.24) is 10.2 Å². The van der Waals surface area contributed by atoms with Crippen LogP contribution in [0.25, 0.3) is 0 Å². The number of nitrogen functional groups attached to an aromatic ring is 1. The fourth-order valence-electron chi connectivity index (χ4n) is 1.21. The number of rotatable bonds is 3. The molecule has 6 nitrogen and oxygen atoms in total. The predicted molar refractivity (Wildman–Crippen MR) is 60.2 cm³/mol. The quantitative estimate of drug-likeness (QED) is 0.711. The molecule has 0 amide bonds. The van der Waals surface area contributed by atoms with E-state index in [1.165, 1.54) is 12.4 Å². The van der Waals surface area contributed by atoms with Crippen LogP contribution in [0.5, 0.6) is 0 Å². The zero-order valence-electron chi connectivity index (χ0n) is 8.51. The van der Waals surface area contributed by atoms with E-state index in [0.29, 0.717) is 0 Å². The number of aromatic nitrogens is 2. The monoisotopic (exact) mass is 256 g/mol. The maximum Gasteiger partial charge on any atom is 0.262 e. The molecule has 1 aromatic heterocycles. The van der Waals surface area contributed by atoms with Crippen molar-refractivity contribution in [3.05, 3.63) is 36.4 Å². The summed E-state index contributed by atoms with van der Waals surface area (Å²) in [6.45, 7) is 0. The van der Waals surface area contributed by atoms with E-state index in [9.17, 15) is 12.8 Å². The summed E-state index contributed by atoms with van der Waals surface area (Å²) >= 11 is 0. The molecule has 2 rings (SSSR count). The second-order valence-electron chi connectivity index (χ2n) is 3.28. The molecule has 1 heterocycles. The molecule has 0 saturated carbocycles. The third kappa shape index (κ3) is 2.36. The molecule has 0 unspecified atom stereocenters. The number of nitrogens with zero attached hydrogens (tertiary/aromatic N) is 1. The van der Waals surface area contributed by atoms with Gasteiger partial charge < -0.3 is 5.73 Å². The average molecular weight is 256 g/mol. The molecule has 1 aromatic carbocycles. The van der Waals surface area contributed by atoms with Gasteiger partial charge in [0, 0.05) is 6.20 Å². The maximum atomic E-state index is 12.9. The van der Waals surface area contributed by atoms with Crippen molar-refractivity contribution < 1.29 is 12.8 Å². The van der Waals surface area contributed by atoms with E-state index in [1.807, 2.05) is 0 Å². The Balaban J connectivity index is 2.35. The van der Waals surface area contributed by atoms with Gasteiger partial charge in [-0.15, -0.1) is 0 Å². The fourth-order valence-corrected chi connectivity index (χ4v) is 2.28. The van der Waals surface area contributed by atoms with Gasteiger partial charge in [0.15, 0.2) is 0 Å². The minimum atomic E-state index is -3.78. The van der Waals surface area contributed by atoms with Gasteiger partial charge in [0.25, 0.3) is 10.0 Å². The molecular weight excluding hydrogens is 247 g/mol. The lowest BCUT2D eigenvalue weighted by molar-refractivity contribution is 0.600. The van der Waals surface area contributed by atoms with Crippen molar-refractivity contribution >= 4 is 21.4 Å². The number of halogens is 1. The molecule has 0 aliphatic heterocycles. The summed E-state index contributed by atoms with van der Waals surface area (Å²) in [5, 5.41) is 6.06. The number of sulfonamides is 1. The highest BCUT2D eigenvalue weighted by Gasteiger charge is 2.15. The SMILES string of the molecule is Nc1cc(S(=O)(=O)Nc2cn[nH]c2)ccc1F. The van der Waals surface area contributed by atoms with Crippen LogP contribution < -0.4 is 10.5 Å². The van der Waals surface area contributed by atoms with E-state index in [0.717, 1.165) is 18.2 Å². The van der Waals surface area contributed by atoms with Crippen molar-refractivity contribution in [2.24, 2.45) is 0 Å². The summed E-state index contributed by atoms with van der Waals surface area (Å²) in [7, 11) is -3.78. The minimum absolute atomic E-state index is 0.113. The van der Waals surface area contributed by atoms with Crippen LogP contribution in [0.4, 0.5) is 15.8 Å². The third-order valence-electron chi connectivity index (χ3n) is 2.03. The van der Waals surface area contributed by atoms with Crippen molar-refractivity contribution in [3.63, 3.8) is 0 Å². The van der Waals surface area contributed by atoms with Gasteiger partial charge >= 0.3 is 0 Å². The molecule has 0 aliphatic rings. The Bertz CT molecular complexity index is 624. The lowest BCUT2D eigenvalue weighted by Crippen LogP contribution is -2.13. The first-order chi connectivity index (χ1) is 7.99. The summed E-state index contributed by atoms with van der Waals surface area (Å²) in [5.41, 5.74) is 5.37. The van der Waals surface area contributed by atoms with Gasteiger partial charge in [-0.1, -0.05) is 0 Å². The van der Waals surface area contributed by atoms with Crippen LogP contribution in [-0.4, -0.2) is 18.6 Å². The highest BCUT2D eigenvalue weighted by Crippen LogP contribution is 2.19. The predicted octanol–water partition coefficient (Wildman–Crippen LogP) is 0.932. The van der Waals surface area contributed by atoms with Gasteiger partial charge in [0.2, 0.25) is 0 Å². The number of nitrogens with one attached hydrogen (secondary N) is 2. The number of hydrogen-bond donors (Lipinski definition) is 3. The van der Waals surface area contributed by atoms with Crippen molar-refractivity contribution in [2.45, 2.75) is 4.90 Å². The first-order valence-corrected chi connectivity index (χ1v) is 6.04. The Morgan fingerprint density at radius 2 is 2.18 bits per heavy atom. The molecule has 0 radical (unpaired) electrons. The second-order valence-corrected chi connectivity index (χ2v) is 4.96. The second kappa shape index (κ2) is 4.06. The van der Waals surface area contributed by atoms with Crippen molar-refractivity contribution in [3.8, 4) is 0 Å². The molecule has 0 bridgehead atoms. The van der Waals surface area contributed by atoms with E-state index >= 15 is 0 Å². The molecule has 0 saturated heterocycles. The summed E-state index contributed by atoms with van der Waals surface area (Å²) < 4.78 is 38.8. The van der Waals surface area contributed by atoms with Gasteiger partial charge in [-0.05, 0) is 18.2 Å². The summed E-state index contributed by atoms with van der Waals surface area (Å²) in [4.78, 5) is -0.113. The highest BCUT2D eigenvalue weighted by molar-refractivity contribution is 7.92. The zero-order chi connectivity index (χ0) is 12.5. The number of nitrogens with two attached hydrogens (primary N) is 1. The minimum Gasteiger partial charge on any atom is -0.396 e. The first-order valence-electron chi connectivity index (χ1n) is 4.56. The number of H-pyrrole nitrogens is 1. The Hall–Kier alpha value is -2.09. The lowest BCUT2D eigenvalue weighted by Gasteiger charge is -2.06. The van der Waals surface area contributed by atoms with Crippen LogP contribution in [0.15, 0.2) is 35.5 Å². The first kappa shape index (κ1) is 11.4. The van der Waals surface area contributed by atoms with E-state index in [1.54, 1.807) is 0 Å². The topological polar surface area (TPSA) is 101 Å². The number of aromatic amines is 1. The van der Waals surface area contributed by atoms with Crippen molar-refractivity contribution in [1.29, 1.82) is 0 Å². The van der Waals surface area contributed by atoms with E-state index < -0.39 is 15.8 Å². The molecule has 8 heteroatoms. The molecule has 17 heavy (non-hydrogen) atoms. The lowest BCUT2D eigenvalue weighted by atomic mass is 10.3. The van der Waals surface area contributed by atoms with Crippen LogP contribution >= 0.6 is 0 Å². The number of hydrogen-bond acceptors (Lipinski definition) is 4. The normalized spacial score (nSPS) is 11.4. The van der Waals surface area contributed by atoms with Crippen LogP contribution in [0, 0.1) is 5.82 Å². The van der Waals surface area contributed by atoms with Gasteiger partial charge in [0.1, 0.15) is 5.82 Å². The molecule has 0 fully saturated rings. The summed E-state index contributed by atoms with van der Waals surface area (Å²) in [5.74, 6) is -0.660. The van der Waals surface area contributed by atoms with Crippen LogP contribution in [0.3, 0.4) is 0 Å². The largest absolute Gasteiger partial charge is 0.396 e. The van der Waals surface area contributed by atoms with Crippen LogP contribution in [-0.2, 0) is 10.0 Å². The highest BCUT2D eigenvalue weighted by atomic mass is 32.2. The van der Waals surface area contributed by atoms with Gasteiger partial charge in [-0.25, -0.2) is 12.8 Å². The van der Waals surface area contributed by atoms with Gasteiger partial charge in [0.05, 0.1) is 22.5 Å². The maximum absolute atomic E-state index is 12.9. The van der Waals surface area contributed by atoms with Gasteiger partial charge in [-0.3, -0.25) is 9.82 Å². The van der Waals surface area contributed by atoms with E-state index in [4.69, 9.17) is 5.73 Å². The Morgan fingerprint density at radius 1 is 1.41 bits per heavy atom. The molecule has 0 atom stereocenters. The van der Waals surface area contributed by atoms with E-state index in [-0.39, 0.29) is 16.3 Å².